The van der Waals surface area contributed by atoms with Gasteiger partial charge in [0.25, 0.3) is 0 Å². The summed E-state index contributed by atoms with van der Waals surface area (Å²) in [6.45, 7) is 3.94. The molecule has 0 aromatic carbocycles. The minimum atomic E-state index is -2.08. The molecule has 1 unspecified atom stereocenters. The van der Waals surface area contributed by atoms with Crippen molar-refractivity contribution >= 4 is 12.1 Å². The Kier molecular flexibility index (Phi) is 17.7. The standard InChI is InChI=1S/C8H16O2.CH2O3.Zn/c1-3-5-6-7(4-2)8(9)10;2-1(3)4;/h7H,3-6H2,1-2H3,(H,9,10);(H2,2,3,4);/q;;+2/p-2. The quantitative estimate of drug-likeness (QED) is 0.699. The van der Waals surface area contributed by atoms with E-state index in [1.807, 2.05) is 6.92 Å². The third kappa shape index (κ3) is 19.7. The predicted molar refractivity (Wildman–Crippen MR) is 46.3 cm³/mol. The number of unbranched alkanes of at least 4 members (excludes halogenated alkanes) is 1. The van der Waals surface area contributed by atoms with Crippen molar-refractivity contribution in [2.75, 3.05) is 0 Å². The van der Waals surface area contributed by atoms with Gasteiger partial charge in [0.1, 0.15) is 0 Å². The van der Waals surface area contributed by atoms with Crippen LogP contribution in [-0.2, 0) is 24.3 Å². The number of aliphatic carboxylic acids is 1. The number of carbonyl (C=O) groups is 2. The summed E-state index contributed by atoms with van der Waals surface area (Å²) < 4.78 is 0. The molecule has 0 spiro atoms. The van der Waals surface area contributed by atoms with E-state index in [9.17, 15) is 9.90 Å². The van der Waals surface area contributed by atoms with Gasteiger partial charge in [-0.3, -0.25) is 0 Å². The zero-order chi connectivity index (χ0) is 11.6. The third-order valence-corrected chi connectivity index (χ3v) is 1.73. The summed E-state index contributed by atoms with van der Waals surface area (Å²) in [6.07, 6.45) is 1.44. The molecule has 5 nitrogen and oxygen atoms in total. The number of carboxylic acid groups (broad SMARTS) is 3. The van der Waals surface area contributed by atoms with Crippen molar-refractivity contribution in [1.29, 1.82) is 0 Å². The van der Waals surface area contributed by atoms with Gasteiger partial charge in [-0.15, -0.1) is 0 Å². The molecule has 6 heteroatoms. The number of carboxylic acids is 1. The number of hydrogen-bond acceptors (Lipinski definition) is 4. The molecule has 0 saturated heterocycles. The Bertz CT molecular complexity index is 168. The predicted octanol–water partition coefficient (Wildman–Crippen LogP) is -0.162. The van der Waals surface area contributed by atoms with Crippen LogP contribution in [0.1, 0.15) is 39.5 Å². The Labute approximate surface area is 102 Å². The molecule has 0 aliphatic heterocycles. The van der Waals surface area contributed by atoms with Crippen molar-refractivity contribution in [2.45, 2.75) is 39.5 Å². The minimum Gasteiger partial charge on any atom is -0.565 e. The topological polar surface area (TPSA) is 100 Å². The molecule has 15 heavy (non-hydrogen) atoms. The van der Waals surface area contributed by atoms with E-state index in [0.717, 1.165) is 19.3 Å². The first-order valence-corrected chi connectivity index (χ1v) is 4.56. The van der Waals surface area contributed by atoms with E-state index in [2.05, 4.69) is 6.92 Å². The van der Waals surface area contributed by atoms with Gasteiger partial charge in [-0.2, -0.15) is 0 Å². The maximum atomic E-state index is 10.3. The van der Waals surface area contributed by atoms with Gasteiger partial charge >= 0.3 is 19.5 Å². The Morgan fingerprint density at radius 3 is 1.87 bits per heavy atom. The van der Waals surface area contributed by atoms with Crippen LogP contribution in [0.4, 0.5) is 4.79 Å². The van der Waals surface area contributed by atoms with Crippen LogP contribution in [-0.4, -0.2) is 17.2 Å². The van der Waals surface area contributed by atoms with E-state index < -0.39 is 12.1 Å². The van der Waals surface area contributed by atoms with Crippen molar-refractivity contribution in [3.05, 3.63) is 0 Å². The summed E-state index contributed by atoms with van der Waals surface area (Å²) in [4.78, 5) is 18.8. The summed E-state index contributed by atoms with van der Waals surface area (Å²) >= 11 is 0. The van der Waals surface area contributed by atoms with Gasteiger partial charge in [0.05, 0.1) is 0 Å². The number of hydrogen-bond donors (Lipinski definition) is 1. The first kappa shape index (κ1) is 19.9. The molecule has 1 N–H and O–H groups in total. The summed E-state index contributed by atoms with van der Waals surface area (Å²) in [5, 5.41) is 25.6. The molecule has 0 aliphatic rings. The molecular formula is C9H16O5Zn. The van der Waals surface area contributed by atoms with Crippen LogP contribution in [0.3, 0.4) is 0 Å². The van der Waals surface area contributed by atoms with Crippen molar-refractivity contribution in [2.24, 2.45) is 5.92 Å². The Morgan fingerprint density at radius 1 is 1.27 bits per heavy atom. The average Bonchev–Trinajstić information content (AvgIpc) is 2.04. The first-order chi connectivity index (χ1) is 6.45. The summed E-state index contributed by atoms with van der Waals surface area (Å²) in [6, 6.07) is 0. The third-order valence-electron chi connectivity index (χ3n) is 1.73. The molecule has 0 fully saturated rings. The van der Waals surface area contributed by atoms with Crippen molar-refractivity contribution in [3.8, 4) is 0 Å². The Balaban J connectivity index is -0.000000249. The summed E-state index contributed by atoms with van der Waals surface area (Å²) in [5.41, 5.74) is 0. The molecule has 0 aromatic rings. The normalized spacial score (nSPS) is 10.3. The van der Waals surface area contributed by atoms with Crippen molar-refractivity contribution in [3.63, 3.8) is 0 Å². The number of carbonyl (C=O) groups excluding carboxylic acids is 1. The minimum absolute atomic E-state index is 0. The molecule has 0 heterocycles. The zero-order valence-corrected chi connectivity index (χ0v) is 12.2. The van der Waals surface area contributed by atoms with Crippen LogP contribution in [0.15, 0.2) is 0 Å². The van der Waals surface area contributed by atoms with Gasteiger partial charge in [-0.05, 0) is 18.8 Å². The van der Waals surface area contributed by atoms with Gasteiger partial charge in [0, 0.05) is 5.97 Å². The molecular weight excluding hydrogens is 253 g/mol. The fourth-order valence-electron chi connectivity index (χ4n) is 0.939. The average molecular weight is 270 g/mol. The van der Waals surface area contributed by atoms with Gasteiger partial charge in [-0.1, -0.05) is 26.7 Å². The zero-order valence-electron chi connectivity index (χ0n) is 9.19. The summed E-state index contributed by atoms with van der Waals surface area (Å²) in [7, 11) is 0. The fourth-order valence-corrected chi connectivity index (χ4v) is 0.939. The molecule has 0 aromatic heterocycles. The van der Waals surface area contributed by atoms with Crippen LogP contribution in [0, 0.1) is 5.92 Å². The monoisotopic (exact) mass is 268 g/mol. The maximum absolute atomic E-state index is 10.3. The Morgan fingerprint density at radius 2 is 1.67 bits per heavy atom. The molecule has 0 aliphatic carbocycles. The molecule has 0 bridgehead atoms. The van der Waals surface area contributed by atoms with Crippen molar-refractivity contribution in [1.82, 2.24) is 0 Å². The molecule has 0 radical (unpaired) electrons. The molecule has 0 rings (SSSR count). The second-order valence-corrected chi connectivity index (χ2v) is 2.83. The molecule has 0 saturated carbocycles. The maximum Gasteiger partial charge on any atom is 2.00 e. The van der Waals surface area contributed by atoms with Crippen molar-refractivity contribution < 1.29 is 44.4 Å². The summed E-state index contributed by atoms with van der Waals surface area (Å²) in [5.74, 6) is -1.11. The van der Waals surface area contributed by atoms with Crippen LogP contribution in [0.2, 0.25) is 0 Å². The van der Waals surface area contributed by atoms with Crippen LogP contribution >= 0.6 is 0 Å². The second-order valence-electron chi connectivity index (χ2n) is 2.83. The fraction of sp³-hybridized carbons (Fsp3) is 0.778. The van der Waals surface area contributed by atoms with Crippen LogP contribution < -0.4 is 10.2 Å². The van der Waals surface area contributed by atoms with E-state index in [1.54, 1.807) is 0 Å². The van der Waals surface area contributed by atoms with E-state index >= 15 is 0 Å². The van der Waals surface area contributed by atoms with Crippen LogP contribution in [0.5, 0.6) is 0 Å². The van der Waals surface area contributed by atoms with Gasteiger partial charge in [0.15, 0.2) is 0 Å². The van der Waals surface area contributed by atoms with E-state index in [0.29, 0.717) is 6.42 Å². The smallest absolute Gasteiger partial charge is 0.565 e. The second kappa shape index (κ2) is 13.4. The first-order valence-electron chi connectivity index (χ1n) is 4.56. The number of rotatable bonds is 5. The van der Waals surface area contributed by atoms with Gasteiger partial charge in [0.2, 0.25) is 6.16 Å². The molecule has 0 amide bonds. The van der Waals surface area contributed by atoms with E-state index in [4.69, 9.17) is 15.0 Å². The van der Waals surface area contributed by atoms with E-state index in [-0.39, 0.29) is 25.4 Å². The largest absolute Gasteiger partial charge is 2.00 e. The van der Waals surface area contributed by atoms with E-state index in [1.165, 1.54) is 0 Å². The van der Waals surface area contributed by atoms with Gasteiger partial charge < -0.3 is 24.9 Å². The van der Waals surface area contributed by atoms with Crippen LogP contribution in [0.25, 0.3) is 0 Å². The molecule has 84 valence electrons. The SMILES string of the molecule is CCCCC(CC)C(=O)[O-].O=C([O-])O.[Zn+2]. The Hall–Kier alpha value is -0.637. The van der Waals surface area contributed by atoms with Gasteiger partial charge in [-0.25, -0.2) is 0 Å². The molecule has 1 atom stereocenters.